The average molecular weight is 280 g/mol. The zero-order valence-electron chi connectivity index (χ0n) is 11.1. The number of nitrogens with zero attached hydrogens (tertiary/aromatic N) is 1. The van der Waals surface area contributed by atoms with Crippen LogP contribution in [-0.2, 0) is 0 Å². The second-order valence-electron chi connectivity index (χ2n) is 4.58. The third-order valence-electron chi connectivity index (χ3n) is 3.31. The van der Waals surface area contributed by atoms with Crippen molar-refractivity contribution in [2.24, 2.45) is 5.84 Å². The number of rotatable bonds is 5. The third-order valence-corrected chi connectivity index (χ3v) is 4.64. The van der Waals surface area contributed by atoms with Crippen molar-refractivity contribution in [1.82, 2.24) is 10.3 Å². The van der Waals surface area contributed by atoms with Crippen LogP contribution in [0.15, 0.2) is 18.3 Å². The lowest BCUT2D eigenvalue weighted by atomic mass is 10.2. The minimum Gasteiger partial charge on any atom is -0.347 e. The summed E-state index contributed by atoms with van der Waals surface area (Å²) in [6.07, 6.45) is 4.99. The van der Waals surface area contributed by atoms with Crippen LogP contribution in [0.3, 0.4) is 0 Å². The fourth-order valence-corrected chi connectivity index (χ4v) is 3.56. The van der Waals surface area contributed by atoms with E-state index < -0.39 is 0 Å². The molecule has 0 spiro atoms. The molecule has 1 heterocycles. The number of anilines is 1. The number of hydrogen-bond donors (Lipinski definition) is 3. The first-order chi connectivity index (χ1) is 9.24. The number of amides is 1. The molecule has 0 saturated heterocycles. The van der Waals surface area contributed by atoms with Crippen molar-refractivity contribution in [2.45, 2.75) is 37.5 Å². The molecule has 2 atom stereocenters. The summed E-state index contributed by atoms with van der Waals surface area (Å²) in [6, 6.07) is 3.70. The molecule has 19 heavy (non-hydrogen) atoms. The van der Waals surface area contributed by atoms with Crippen LogP contribution in [0.25, 0.3) is 0 Å². The summed E-state index contributed by atoms with van der Waals surface area (Å²) in [5.41, 5.74) is 3.62. The van der Waals surface area contributed by atoms with Crippen molar-refractivity contribution in [3.63, 3.8) is 0 Å². The fraction of sp³-hybridized carbons (Fsp3) is 0.538. The van der Waals surface area contributed by atoms with Crippen molar-refractivity contribution in [1.29, 1.82) is 0 Å². The van der Waals surface area contributed by atoms with Crippen molar-refractivity contribution in [3.05, 3.63) is 24.0 Å². The van der Waals surface area contributed by atoms with Gasteiger partial charge in [0.05, 0.1) is 11.9 Å². The number of nitrogen functional groups attached to an aromatic ring is 1. The van der Waals surface area contributed by atoms with Gasteiger partial charge in [0, 0.05) is 11.3 Å². The van der Waals surface area contributed by atoms with E-state index in [4.69, 9.17) is 5.84 Å². The smallest absolute Gasteiger partial charge is 0.270 e. The maximum absolute atomic E-state index is 12.1. The first-order valence-corrected chi connectivity index (χ1v) is 7.64. The number of hydrogen-bond acceptors (Lipinski definition) is 5. The monoisotopic (exact) mass is 280 g/mol. The number of hydrazine groups is 1. The van der Waals surface area contributed by atoms with Crippen molar-refractivity contribution >= 4 is 23.4 Å². The first-order valence-electron chi connectivity index (χ1n) is 6.59. The molecule has 1 amide bonds. The molecule has 0 bridgehead atoms. The van der Waals surface area contributed by atoms with Gasteiger partial charge in [-0.05, 0) is 30.7 Å². The Morgan fingerprint density at radius 1 is 1.53 bits per heavy atom. The largest absolute Gasteiger partial charge is 0.347 e. The summed E-state index contributed by atoms with van der Waals surface area (Å²) in [4.78, 5) is 16.2. The summed E-state index contributed by atoms with van der Waals surface area (Å²) in [5, 5.41) is 3.63. The molecule has 5 nitrogen and oxygen atoms in total. The van der Waals surface area contributed by atoms with Gasteiger partial charge in [-0.3, -0.25) is 10.6 Å². The standard InChI is InChI=1S/C13H20N4OS/c1-2-19-12-5-3-4-10(12)16-13(18)11-7-6-9(17-14)8-15-11/h6-8,10,12,17H,2-5,14H2,1H3,(H,16,18). The lowest BCUT2D eigenvalue weighted by molar-refractivity contribution is 0.0933. The van der Waals surface area contributed by atoms with Crippen LogP contribution >= 0.6 is 11.8 Å². The van der Waals surface area contributed by atoms with E-state index in [0.29, 0.717) is 16.6 Å². The number of aromatic nitrogens is 1. The second-order valence-corrected chi connectivity index (χ2v) is 6.10. The summed E-state index contributed by atoms with van der Waals surface area (Å²) >= 11 is 1.93. The van der Waals surface area contributed by atoms with E-state index in [-0.39, 0.29) is 11.9 Å². The van der Waals surface area contributed by atoms with E-state index in [0.717, 1.165) is 12.2 Å². The van der Waals surface area contributed by atoms with Crippen LogP contribution in [0.2, 0.25) is 0 Å². The first kappa shape index (κ1) is 14.1. The Hall–Kier alpha value is -1.27. The molecular formula is C13H20N4OS. The molecule has 2 unspecified atom stereocenters. The maximum atomic E-state index is 12.1. The van der Waals surface area contributed by atoms with E-state index in [1.807, 2.05) is 11.8 Å². The van der Waals surface area contributed by atoms with Crippen LogP contribution in [0, 0.1) is 0 Å². The number of carbonyl (C=O) groups is 1. The van der Waals surface area contributed by atoms with Gasteiger partial charge in [-0.1, -0.05) is 13.3 Å². The molecule has 1 aliphatic rings. The molecular weight excluding hydrogens is 260 g/mol. The predicted molar refractivity (Wildman–Crippen MR) is 79.1 cm³/mol. The van der Waals surface area contributed by atoms with Crippen LogP contribution < -0.4 is 16.6 Å². The number of pyridine rings is 1. The molecule has 1 aliphatic carbocycles. The van der Waals surface area contributed by atoms with Crippen LogP contribution in [0.1, 0.15) is 36.7 Å². The topological polar surface area (TPSA) is 80.0 Å². The molecule has 6 heteroatoms. The zero-order valence-corrected chi connectivity index (χ0v) is 11.9. The molecule has 104 valence electrons. The fourth-order valence-electron chi connectivity index (χ4n) is 2.36. The normalized spacial score (nSPS) is 22.2. The van der Waals surface area contributed by atoms with E-state index in [1.165, 1.54) is 12.8 Å². The van der Waals surface area contributed by atoms with Gasteiger partial charge < -0.3 is 10.7 Å². The highest BCUT2D eigenvalue weighted by Crippen LogP contribution is 2.29. The molecule has 2 rings (SSSR count). The van der Waals surface area contributed by atoms with Gasteiger partial charge >= 0.3 is 0 Å². The number of nitrogens with one attached hydrogen (secondary N) is 2. The van der Waals surface area contributed by atoms with E-state index in [9.17, 15) is 4.79 Å². The SMILES string of the molecule is CCSC1CCCC1NC(=O)c1ccc(NN)cn1. The third kappa shape index (κ3) is 3.61. The molecule has 1 aromatic rings. The summed E-state index contributed by atoms with van der Waals surface area (Å²) in [5.74, 6) is 6.26. The second kappa shape index (κ2) is 6.77. The maximum Gasteiger partial charge on any atom is 0.270 e. The van der Waals surface area contributed by atoms with Crippen LogP contribution in [0.5, 0.6) is 0 Å². The summed E-state index contributed by atoms with van der Waals surface area (Å²) < 4.78 is 0. The Morgan fingerprint density at radius 2 is 2.37 bits per heavy atom. The highest BCUT2D eigenvalue weighted by molar-refractivity contribution is 7.99. The van der Waals surface area contributed by atoms with E-state index >= 15 is 0 Å². The Morgan fingerprint density at radius 3 is 3.00 bits per heavy atom. The Balaban J connectivity index is 1.95. The van der Waals surface area contributed by atoms with Crippen LogP contribution in [-0.4, -0.2) is 27.9 Å². The van der Waals surface area contributed by atoms with Gasteiger partial charge in [0.25, 0.3) is 5.91 Å². The minimum atomic E-state index is -0.0998. The molecule has 1 fully saturated rings. The van der Waals surface area contributed by atoms with Gasteiger partial charge in [-0.2, -0.15) is 11.8 Å². The van der Waals surface area contributed by atoms with Crippen LogP contribution in [0.4, 0.5) is 5.69 Å². The molecule has 0 radical (unpaired) electrons. The number of thioether (sulfide) groups is 1. The molecule has 1 aromatic heterocycles. The molecule has 0 aromatic carbocycles. The quantitative estimate of drug-likeness (QED) is 0.566. The molecule has 0 aliphatic heterocycles. The van der Waals surface area contributed by atoms with Gasteiger partial charge in [0.2, 0.25) is 0 Å². The van der Waals surface area contributed by atoms with Gasteiger partial charge in [-0.25, -0.2) is 4.98 Å². The van der Waals surface area contributed by atoms with E-state index in [2.05, 4.69) is 22.7 Å². The zero-order chi connectivity index (χ0) is 13.7. The van der Waals surface area contributed by atoms with Crippen molar-refractivity contribution in [3.8, 4) is 0 Å². The molecule has 4 N–H and O–H groups in total. The average Bonchev–Trinajstić information content (AvgIpc) is 2.86. The summed E-state index contributed by atoms with van der Waals surface area (Å²) in [6.45, 7) is 2.15. The van der Waals surface area contributed by atoms with Gasteiger partial charge in [-0.15, -0.1) is 0 Å². The van der Waals surface area contributed by atoms with Gasteiger partial charge in [0.15, 0.2) is 0 Å². The molecule has 1 saturated carbocycles. The number of nitrogens with two attached hydrogens (primary N) is 1. The Bertz CT molecular complexity index is 423. The van der Waals surface area contributed by atoms with Gasteiger partial charge in [0.1, 0.15) is 5.69 Å². The number of carbonyl (C=O) groups excluding carboxylic acids is 1. The highest BCUT2D eigenvalue weighted by atomic mass is 32.2. The Labute approximate surface area is 117 Å². The van der Waals surface area contributed by atoms with E-state index in [1.54, 1.807) is 18.3 Å². The predicted octanol–water partition coefficient (Wildman–Crippen LogP) is 1.77. The van der Waals surface area contributed by atoms with Crippen molar-refractivity contribution < 1.29 is 4.79 Å². The van der Waals surface area contributed by atoms with Crippen molar-refractivity contribution in [2.75, 3.05) is 11.2 Å². The lowest BCUT2D eigenvalue weighted by Crippen LogP contribution is -2.39. The summed E-state index contributed by atoms with van der Waals surface area (Å²) in [7, 11) is 0. The minimum absolute atomic E-state index is 0.0998. The lowest BCUT2D eigenvalue weighted by Gasteiger charge is -2.19. The Kier molecular flexibility index (Phi) is 5.04. The highest BCUT2D eigenvalue weighted by Gasteiger charge is 2.28.